The number of likely N-dealkylation sites (tertiary alicyclic amines) is 1. The molecule has 2 nitrogen and oxygen atoms in total. The highest BCUT2D eigenvalue weighted by Gasteiger charge is 2.42. The first-order valence-electron chi connectivity index (χ1n) is 4.15. The van der Waals surface area contributed by atoms with Crippen LogP contribution >= 0.6 is 0 Å². The minimum absolute atomic E-state index is 0.613. The van der Waals surface area contributed by atoms with Gasteiger partial charge < -0.3 is 10.0 Å². The van der Waals surface area contributed by atoms with Crippen LogP contribution in [-0.2, 0) is 5.60 Å². The molecule has 0 saturated carbocycles. The van der Waals surface area contributed by atoms with Crippen LogP contribution in [-0.4, -0.2) is 18.2 Å². The molecule has 0 radical (unpaired) electrons. The summed E-state index contributed by atoms with van der Waals surface area (Å²) in [6.07, 6.45) is 0. The Bertz CT molecular complexity index is 264. The quantitative estimate of drug-likeness (QED) is 0.539. The molecular formula is C10H13NO. The molecule has 0 aromatic heterocycles. The fourth-order valence-electron chi connectivity index (χ4n) is 1.73. The fraction of sp³-hybridized carbons (Fsp3) is 0.300. The molecular weight excluding hydrogens is 150 g/mol. The number of nitrogens with one attached hydrogen (secondary N) is 1. The molecule has 64 valence electrons. The molecule has 1 aromatic rings. The Labute approximate surface area is 72.4 Å². The fourth-order valence-corrected chi connectivity index (χ4v) is 1.73. The zero-order chi connectivity index (χ0) is 8.60. The number of hydrogen-bond donors (Lipinski definition) is 2. The van der Waals surface area contributed by atoms with Crippen molar-refractivity contribution in [1.82, 2.24) is 0 Å². The van der Waals surface area contributed by atoms with Gasteiger partial charge in [0.1, 0.15) is 0 Å². The van der Waals surface area contributed by atoms with Crippen molar-refractivity contribution in [2.24, 2.45) is 0 Å². The van der Waals surface area contributed by atoms with Crippen molar-refractivity contribution in [1.29, 1.82) is 0 Å². The molecule has 1 aliphatic rings. The van der Waals surface area contributed by atoms with E-state index in [2.05, 4.69) is 7.05 Å². The van der Waals surface area contributed by atoms with Gasteiger partial charge in [-0.1, -0.05) is 30.3 Å². The Morgan fingerprint density at radius 1 is 1.25 bits per heavy atom. The van der Waals surface area contributed by atoms with Crippen LogP contribution in [0.2, 0.25) is 0 Å². The third-order valence-electron chi connectivity index (χ3n) is 2.40. The lowest BCUT2D eigenvalue weighted by Gasteiger charge is -2.45. The van der Waals surface area contributed by atoms with Crippen molar-refractivity contribution in [2.45, 2.75) is 5.60 Å². The SMILES string of the molecule is [CH2-][NH+]1CC(O)(c2ccccc2)C1. The molecule has 1 heterocycles. The molecule has 0 unspecified atom stereocenters. The highest BCUT2D eigenvalue weighted by molar-refractivity contribution is 5.23. The van der Waals surface area contributed by atoms with Crippen LogP contribution in [0, 0.1) is 7.05 Å². The van der Waals surface area contributed by atoms with Crippen LogP contribution < -0.4 is 4.90 Å². The molecule has 1 aromatic carbocycles. The number of hydrogen-bond acceptors (Lipinski definition) is 1. The van der Waals surface area contributed by atoms with Crippen molar-refractivity contribution in [2.75, 3.05) is 13.1 Å². The highest BCUT2D eigenvalue weighted by Crippen LogP contribution is 2.21. The van der Waals surface area contributed by atoms with Crippen LogP contribution in [0.4, 0.5) is 0 Å². The number of quaternary nitrogens is 1. The molecule has 2 rings (SSSR count). The van der Waals surface area contributed by atoms with E-state index in [0.717, 1.165) is 23.6 Å². The topological polar surface area (TPSA) is 24.7 Å². The summed E-state index contributed by atoms with van der Waals surface area (Å²) in [6.45, 7) is 1.44. The average Bonchev–Trinajstić information content (AvgIpc) is 2.04. The van der Waals surface area contributed by atoms with E-state index in [-0.39, 0.29) is 0 Å². The second-order valence-corrected chi connectivity index (χ2v) is 3.50. The van der Waals surface area contributed by atoms with Crippen molar-refractivity contribution in [3.8, 4) is 0 Å². The molecule has 0 atom stereocenters. The lowest BCUT2D eigenvalue weighted by atomic mass is 9.87. The lowest BCUT2D eigenvalue weighted by molar-refractivity contribution is -0.922. The molecule has 0 amide bonds. The minimum Gasteiger partial charge on any atom is -0.462 e. The van der Waals surface area contributed by atoms with Gasteiger partial charge in [0.2, 0.25) is 0 Å². The third-order valence-corrected chi connectivity index (χ3v) is 2.40. The van der Waals surface area contributed by atoms with Crippen molar-refractivity contribution >= 4 is 0 Å². The molecule has 0 spiro atoms. The highest BCUT2D eigenvalue weighted by atomic mass is 16.3. The summed E-state index contributed by atoms with van der Waals surface area (Å²) < 4.78 is 0. The maximum Gasteiger partial charge on any atom is 0.183 e. The molecule has 1 saturated heterocycles. The lowest BCUT2D eigenvalue weighted by Crippen LogP contribution is -3.19. The smallest absolute Gasteiger partial charge is 0.183 e. The summed E-state index contributed by atoms with van der Waals surface area (Å²) in [7, 11) is 3.82. The summed E-state index contributed by atoms with van der Waals surface area (Å²) in [5.41, 5.74) is 0.399. The van der Waals surface area contributed by atoms with E-state index >= 15 is 0 Å². The maximum absolute atomic E-state index is 9.99. The molecule has 0 bridgehead atoms. The van der Waals surface area contributed by atoms with E-state index in [0.29, 0.717) is 0 Å². The Hall–Kier alpha value is -0.860. The molecule has 2 heteroatoms. The number of aliphatic hydroxyl groups is 1. The first-order valence-corrected chi connectivity index (χ1v) is 4.15. The summed E-state index contributed by atoms with van der Waals surface area (Å²) >= 11 is 0. The van der Waals surface area contributed by atoms with Crippen LogP contribution in [0.3, 0.4) is 0 Å². The Morgan fingerprint density at radius 3 is 2.33 bits per heavy atom. The zero-order valence-electron chi connectivity index (χ0n) is 6.96. The monoisotopic (exact) mass is 163 g/mol. The van der Waals surface area contributed by atoms with Gasteiger partial charge in [-0.05, 0) is 5.56 Å². The van der Waals surface area contributed by atoms with Gasteiger partial charge in [-0.25, -0.2) is 0 Å². The zero-order valence-corrected chi connectivity index (χ0v) is 6.96. The van der Waals surface area contributed by atoms with E-state index in [1.165, 1.54) is 0 Å². The van der Waals surface area contributed by atoms with Crippen molar-refractivity contribution in [3.05, 3.63) is 42.9 Å². The molecule has 12 heavy (non-hydrogen) atoms. The molecule has 1 fully saturated rings. The van der Waals surface area contributed by atoms with Gasteiger partial charge in [0.05, 0.1) is 13.1 Å². The van der Waals surface area contributed by atoms with Crippen LogP contribution in [0.25, 0.3) is 0 Å². The van der Waals surface area contributed by atoms with Gasteiger partial charge in [0.15, 0.2) is 5.60 Å². The standard InChI is InChI=1S/C10H13NO/c1-11-7-10(12,8-11)9-5-3-2-4-6-9/h2-6,11-12H,1,7-8H2. The van der Waals surface area contributed by atoms with Gasteiger partial charge in [-0.3, -0.25) is 0 Å². The van der Waals surface area contributed by atoms with Gasteiger partial charge in [0, 0.05) is 0 Å². The Balaban J connectivity index is 2.21. The normalized spacial score (nSPS) is 34.3. The van der Waals surface area contributed by atoms with Crippen LogP contribution in [0.1, 0.15) is 5.56 Å². The third kappa shape index (κ3) is 1.13. The van der Waals surface area contributed by atoms with E-state index in [1.54, 1.807) is 0 Å². The summed E-state index contributed by atoms with van der Waals surface area (Å²) in [5.74, 6) is 0. The average molecular weight is 163 g/mol. The van der Waals surface area contributed by atoms with E-state index in [9.17, 15) is 5.11 Å². The summed E-state index contributed by atoms with van der Waals surface area (Å²) in [4.78, 5) is 1.14. The Morgan fingerprint density at radius 2 is 1.83 bits per heavy atom. The van der Waals surface area contributed by atoms with E-state index in [1.807, 2.05) is 30.3 Å². The Kier molecular flexibility index (Phi) is 1.67. The molecule has 1 aliphatic heterocycles. The predicted octanol–water partition coefficient (Wildman–Crippen LogP) is -0.436. The van der Waals surface area contributed by atoms with Crippen LogP contribution in [0.5, 0.6) is 0 Å². The van der Waals surface area contributed by atoms with Crippen molar-refractivity contribution < 1.29 is 10.0 Å². The largest absolute Gasteiger partial charge is 0.462 e. The van der Waals surface area contributed by atoms with E-state index < -0.39 is 5.60 Å². The molecule has 0 aliphatic carbocycles. The van der Waals surface area contributed by atoms with Gasteiger partial charge in [-0.15, -0.1) is 0 Å². The minimum atomic E-state index is -0.613. The van der Waals surface area contributed by atoms with Crippen LogP contribution in [0.15, 0.2) is 30.3 Å². The summed E-state index contributed by atoms with van der Waals surface area (Å²) in [6, 6.07) is 9.79. The number of benzene rings is 1. The van der Waals surface area contributed by atoms with E-state index in [4.69, 9.17) is 0 Å². The van der Waals surface area contributed by atoms with Crippen molar-refractivity contribution in [3.63, 3.8) is 0 Å². The first-order chi connectivity index (χ1) is 5.71. The van der Waals surface area contributed by atoms with Gasteiger partial charge in [-0.2, -0.15) is 7.05 Å². The summed E-state index contributed by atoms with van der Waals surface area (Å²) in [5, 5.41) is 9.99. The number of rotatable bonds is 1. The maximum atomic E-state index is 9.99. The van der Waals surface area contributed by atoms with Gasteiger partial charge >= 0.3 is 0 Å². The predicted molar refractivity (Wildman–Crippen MR) is 46.4 cm³/mol. The first kappa shape index (κ1) is 7.77. The van der Waals surface area contributed by atoms with Gasteiger partial charge in [0.25, 0.3) is 0 Å². The second kappa shape index (κ2) is 2.57. The second-order valence-electron chi connectivity index (χ2n) is 3.50. The molecule has 2 N–H and O–H groups in total.